The molecular formula is C13H16N4O3. The standard InChI is InChI=1S/C13H16N4O3/c1-15-8-9-6-13(17(19)20)12(7-11(9)14-15)16-4-2-10(18)3-5-16/h6-8,10,18H,2-5H2,1H3. The first-order valence-electron chi connectivity index (χ1n) is 6.59. The predicted octanol–water partition coefficient (Wildman–Crippen LogP) is 1.44. The van der Waals surface area contributed by atoms with E-state index in [1.165, 1.54) is 0 Å². The smallest absolute Gasteiger partial charge is 0.293 e. The molecule has 1 aliphatic rings. The zero-order chi connectivity index (χ0) is 14.3. The van der Waals surface area contributed by atoms with Crippen LogP contribution < -0.4 is 4.90 Å². The summed E-state index contributed by atoms with van der Waals surface area (Å²) in [6.45, 7) is 1.25. The molecule has 106 valence electrons. The summed E-state index contributed by atoms with van der Waals surface area (Å²) in [7, 11) is 1.79. The lowest BCUT2D eigenvalue weighted by Gasteiger charge is -2.31. The van der Waals surface area contributed by atoms with E-state index in [1.54, 1.807) is 30.1 Å². The second-order valence-electron chi connectivity index (χ2n) is 5.18. The summed E-state index contributed by atoms with van der Waals surface area (Å²) in [4.78, 5) is 12.9. The van der Waals surface area contributed by atoms with E-state index >= 15 is 0 Å². The number of rotatable bonds is 2. The van der Waals surface area contributed by atoms with Gasteiger partial charge < -0.3 is 10.0 Å². The van der Waals surface area contributed by atoms with E-state index in [0.29, 0.717) is 31.6 Å². The van der Waals surface area contributed by atoms with Crippen molar-refractivity contribution >= 4 is 22.3 Å². The van der Waals surface area contributed by atoms with Crippen LogP contribution in [-0.2, 0) is 7.05 Å². The monoisotopic (exact) mass is 276 g/mol. The molecule has 7 heteroatoms. The molecule has 1 aliphatic heterocycles. The Kier molecular flexibility index (Phi) is 3.06. The van der Waals surface area contributed by atoms with Crippen molar-refractivity contribution in [3.63, 3.8) is 0 Å². The van der Waals surface area contributed by atoms with Crippen LogP contribution in [0.2, 0.25) is 0 Å². The topological polar surface area (TPSA) is 84.4 Å². The molecule has 0 spiro atoms. The normalized spacial score (nSPS) is 16.8. The largest absolute Gasteiger partial charge is 0.393 e. The number of nitro benzene ring substituents is 1. The van der Waals surface area contributed by atoms with Crippen LogP contribution in [0.15, 0.2) is 18.3 Å². The molecule has 1 fully saturated rings. The Morgan fingerprint density at radius 3 is 2.75 bits per heavy atom. The average molecular weight is 276 g/mol. The first kappa shape index (κ1) is 12.9. The lowest BCUT2D eigenvalue weighted by atomic mass is 10.1. The predicted molar refractivity (Wildman–Crippen MR) is 74.8 cm³/mol. The molecule has 1 N–H and O–H groups in total. The Morgan fingerprint density at radius 2 is 2.10 bits per heavy atom. The van der Waals surface area contributed by atoms with Gasteiger partial charge in [-0.2, -0.15) is 5.10 Å². The van der Waals surface area contributed by atoms with Gasteiger partial charge in [0.05, 0.1) is 16.5 Å². The summed E-state index contributed by atoms with van der Waals surface area (Å²) >= 11 is 0. The summed E-state index contributed by atoms with van der Waals surface area (Å²) in [5.41, 5.74) is 1.44. The van der Waals surface area contributed by atoms with Crippen molar-refractivity contribution in [2.75, 3.05) is 18.0 Å². The zero-order valence-electron chi connectivity index (χ0n) is 11.2. The maximum absolute atomic E-state index is 11.3. The molecule has 0 saturated carbocycles. The number of nitrogens with zero attached hydrogens (tertiary/aromatic N) is 4. The highest BCUT2D eigenvalue weighted by atomic mass is 16.6. The Morgan fingerprint density at radius 1 is 1.40 bits per heavy atom. The molecular weight excluding hydrogens is 260 g/mol. The van der Waals surface area contributed by atoms with Gasteiger partial charge in [0, 0.05) is 37.8 Å². The van der Waals surface area contributed by atoms with E-state index in [1.807, 2.05) is 4.90 Å². The first-order chi connectivity index (χ1) is 9.54. The molecule has 2 heterocycles. The Labute approximate surface area is 115 Å². The van der Waals surface area contributed by atoms with Gasteiger partial charge in [0.25, 0.3) is 5.69 Å². The number of aromatic nitrogens is 2. The van der Waals surface area contributed by atoms with Crippen LogP contribution in [0.4, 0.5) is 11.4 Å². The molecule has 0 amide bonds. The van der Waals surface area contributed by atoms with Crippen molar-refractivity contribution in [3.05, 3.63) is 28.4 Å². The Bertz CT molecular complexity index is 659. The zero-order valence-corrected chi connectivity index (χ0v) is 11.2. The van der Waals surface area contributed by atoms with E-state index in [2.05, 4.69) is 5.10 Å². The van der Waals surface area contributed by atoms with Crippen LogP contribution in [0.3, 0.4) is 0 Å². The van der Waals surface area contributed by atoms with Crippen LogP contribution in [0.1, 0.15) is 12.8 Å². The molecule has 0 unspecified atom stereocenters. The highest BCUT2D eigenvalue weighted by Crippen LogP contribution is 2.34. The van der Waals surface area contributed by atoms with Crippen molar-refractivity contribution in [2.24, 2.45) is 7.05 Å². The van der Waals surface area contributed by atoms with Gasteiger partial charge >= 0.3 is 0 Å². The quantitative estimate of drug-likeness (QED) is 0.662. The van der Waals surface area contributed by atoms with E-state index in [0.717, 1.165) is 10.9 Å². The molecule has 1 saturated heterocycles. The van der Waals surface area contributed by atoms with Crippen molar-refractivity contribution in [1.82, 2.24) is 9.78 Å². The van der Waals surface area contributed by atoms with Crippen molar-refractivity contribution in [2.45, 2.75) is 18.9 Å². The van der Waals surface area contributed by atoms with E-state index in [4.69, 9.17) is 0 Å². The Balaban J connectivity index is 2.07. The van der Waals surface area contributed by atoms with E-state index in [-0.39, 0.29) is 16.7 Å². The molecule has 2 aromatic rings. The number of hydrogen-bond donors (Lipinski definition) is 1. The molecule has 20 heavy (non-hydrogen) atoms. The van der Waals surface area contributed by atoms with Crippen LogP contribution in [0, 0.1) is 10.1 Å². The molecule has 0 aliphatic carbocycles. The van der Waals surface area contributed by atoms with Gasteiger partial charge in [-0.25, -0.2) is 0 Å². The van der Waals surface area contributed by atoms with Gasteiger partial charge in [0.15, 0.2) is 0 Å². The number of aliphatic hydroxyl groups excluding tert-OH is 1. The highest BCUT2D eigenvalue weighted by molar-refractivity contribution is 5.87. The molecule has 0 radical (unpaired) electrons. The number of anilines is 1. The minimum Gasteiger partial charge on any atom is -0.393 e. The summed E-state index contributed by atoms with van der Waals surface area (Å²) in [6.07, 6.45) is 2.74. The van der Waals surface area contributed by atoms with Gasteiger partial charge in [-0.3, -0.25) is 14.8 Å². The minimum absolute atomic E-state index is 0.0990. The summed E-state index contributed by atoms with van der Waals surface area (Å²) < 4.78 is 1.65. The van der Waals surface area contributed by atoms with Crippen LogP contribution >= 0.6 is 0 Å². The second kappa shape index (κ2) is 4.75. The highest BCUT2D eigenvalue weighted by Gasteiger charge is 2.25. The van der Waals surface area contributed by atoms with Gasteiger partial charge in [0.1, 0.15) is 5.69 Å². The molecule has 3 rings (SSSR count). The number of nitro groups is 1. The number of piperidine rings is 1. The lowest BCUT2D eigenvalue weighted by molar-refractivity contribution is -0.384. The fourth-order valence-corrected chi connectivity index (χ4v) is 2.68. The first-order valence-corrected chi connectivity index (χ1v) is 6.59. The third-order valence-corrected chi connectivity index (χ3v) is 3.72. The maximum Gasteiger partial charge on any atom is 0.293 e. The Hall–Kier alpha value is -2.15. The molecule has 1 aromatic heterocycles. The van der Waals surface area contributed by atoms with Crippen molar-refractivity contribution in [1.29, 1.82) is 0 Å². The van der Waals surface area contributed by atoms with Gasteiger partial charge in [-0.1, -0.05) is 0 Å². The SMILES string of the molecule is Cn1cc2cc([N+](=O)[O-])c(N3CCC(O)CC3)cc2n1. The minimum atomic E-state index is -0.354. The third kappa shape index (κ3) is 2.20. The second-order valence-corrected chi connectivity index (χ2v) is 5.18. The lowest BCUT2D eigenvalue weighted by Crippen LogP contribution is -2.36. The number of aryl methyl sites for hydroxylation is 1. The van der Waals surface area contributed by atoms with Crippen LogP contribution in [-0.4, -0.2) is 39.0 Å². The molecule has 7 nitrogen and oxygen atoms in total. The van der Waals surface area contributed by atoms with E-state index < -0.39 is 0 Å². The van der Waals surface area contributed by atoms with Gasteiger partial charge in [-0.05, 0) is 18.9 Å². The number of fused-ring (bicyclic) bond motifs is 1. The summed E-state index contributed by atoms with van der Waals surface area (Å²) in [5.74, 6) is 0. The summed E-state index contributed by atoms with van der Waals surface area (Å²) in [6, 6.07) is 3.34. The van der Waals surface area contributed by atoms with Gasteiger partial charge in [0.2, 0.25) is 0 Å². The van der Waals surface area contributed by atoms with Gasteiger partial charge in [-0.15, -0.1) is 0 Å². The van der Waals surface area contributed by atoms with Crippen LogP contribution in [0.25, 0.3) is 10.9 Å². The third-order valence-electron chi connectivity index (χ3n) is 3.72. The fourth-order valence-electron chi connectivity index (χ4n) is 2.68. The number of hydrogen-bond acceptors (Lipinski definition) is 5. The molecule has 0 atom stereocenters. The van der Waals surface area contributed by atoms with E-state index in [9.17, 15) is 15.2 Å². The summed E-state index contributed by atoms with van der Waals surface area (Å²) in [5, 5.41) is 25.9. The average Bonchev–Trinajstić information content (AvgIpc) is 2.77. The van der Waals surface area contributed by atoms with Crippen molar-refractivity contribution in [3.8, 4) is 0 Å². The number of benzene rings is 1. The maximum atomic E-state index is 11.3. The van der Waals surface area contributed by atoms with Crippen molar-refractivity contribution < 1.29 is 10.0 Å². The molecule has 1 aromatic carbocycles. The molecule has 0 bridgehead atoms. The number of aliphatic hydroxyl groups is 1. The van der Waals surface area contributed by atoms with Crippen LogP contribution in [0.5, 0.6) is 0 Å². The fraction of sp³-hybridized carbons (Fsp3) is 0.462.